The third kappa shape index (κ3) is 4.94. The normalized spacial score (nSPS) is 25.4. The molecule has 1 aliphatic carbocycles. The van der Waals surface area contributed by atoms with E-state index in [-0.39, 0.29) is 5.91 Å². The molecular weight excluding hydrogens is 204 g/mol. The Kier molecular flexibility index (Phi) is 6.42. The van der Waals surface area contributed by atoms with Crippen LogP contribution in [0, 0.1) is 0 Å². The van der Waals surface area contributed by atoms with Crippen LogP contribution in [0.15, 0.2) is 0 Å². The summed E-state index contributed by atoms with van der Waals surface area (Å²) < 4.78 is 5.32. The number of carbonyl (C=O) groups is 1. The van der Waals surface area contributed by atoms with Gasteiger partial charge >= 0.3 is 0 Å². The van der Waals surface area contributed by atoms with E-state index < -0.39 is 0 Å². The molecule has 1 fully saturated rings. The molecule has 0 aromatic carbocycles. The van der Waals surface area contributed by atoms with Crippen LogP contribution in [0.2, 0.25) is 0 Å². The fraction of sp³-hybridized carbons (Fsp3) is 0.917. The Bertz CT molecular complexity index is 201. The second-order valence-electron chi connectivity index (χ2n) is 4.37. The van der Waals surface area contributed by atoms with Gasteiger partial charge in [-0.3, -0.25) is 4.79 Å². The highest BCUT2D eigenvalue weighted by Crippen LogP contribution is 2.20. The zero-order valence-corrected chi connectivity index (χ0v) is 10.4. The molecule has 0 unspecified atom stereocenters. The summed E-state index contributed by atoms with van der Waals surface area (Å²) in [6.45, 7) is 3.45. The van der Waals surface area contributed by atoms with Crippen LogP contribution in [-0.4, -0.2) is 38.3 Å². The number of hydrogen-bond acceptors (Lipinski definition) is 3. The zero-order valence-electron chi connectivity index (χ0n) is 10.4. The Labute approximate surface area is 98.1 Å². The maximum Gasteiger partial charge on any atom is 0.221 e. The monoisotopic (exact) mass is 228 g/mol. The molecule has 0 heterocycles. The number of nitrogens with one attached hydrogen (secondary N) is 2. The molecule has 94 valence electrons. The lowest BCUT2D eigenvalue weighted by molar-refractivity contribution is -0.120. The van der Waals surface area contributed by atoms with Crippen LogP contribution in [0.25, 0.3) is 0 Å². The van der Waals surface area contributed by atoms with E-state index in [0.29, 0.717) is 18.6 Å². The van der Waals surface area contributed by atoms with Gasteiger partial charge in [-0.1, -0.05) is 0 Å². The standard InChI is InChI=1S/C12H24N2O2/c1-3-13-12(15)8-9-14-10-4-6-11(16-2)7-5-10/h10-11,14H,3-9H2,1-2H3,(H,13,15). The minimum Gasteiger partial charge on any atom is -0.381 e. The van der Waals surface area contributed by atoms with Crippen molar-refractivity contribution in [3.8, 4) is 0 Å². The molecule has 0 aromatic rings. The van der Waals surface area contributed by atoms with Gasteiger partial charge in [0.1, 0.15) is 0 Å². The molecule has 1 saturated carbocycles. The summed E-state index contributed by atoms with van der Waals surface area (Å²) in [7, 11) is 1.79. The number of rotatable bonds is 6. The van der Waals surface area contributed by atoms with Crippen molar-refractivity contribution in [3.05, 3.63) is 0 Å². The van der Waals surface area contributed by atoms with Crippen LogP contribution in [0.4, 0.5) is 0 Å². The molecule has 0 aromatic heterocycles. The molecular formula is C12H24N2O2. The lowest BCUT2D eigenvalue weighted by atomic mass is 9.93. The lowest BCUT2D eigenvalue weighted by Crippen LogP contribution is -2.37. The average molecular weight is 228 g/mol. The van der Waals surface area contributed by atoms with Gasteiger partial charge in [0.2, 0.25) is 5.91 Å². The predicted molar refractivity (Wildman–Crippen MR) is 64.4 cm³/mol. The number of amides is 1. The first-order valence-electron chi connectivity index (χ1n) is 6.29. The summed E-state index contributed by atoms with van der Waals surface area (Å²) in [6, 6.07) is 0.570. The van der Waals surface area contributed by atoms with Crippen LogP contribution in [0.5, 0.6) is 0 Å². The van der Waals surface area contributed by atoms with Crippen LogP contribution in [-0.2, 0) is 9.53 Å². The van der Waals surface area contributed by atoms with Gasteiger partial charge in [0.05, 0.1) is 6.10 Å². The van der Waals surface area contributed by atoms with Crippen LogP contribution >= 0.6 is 0 Å². The zero-order chi connectivity index (χ0) is 11.8. The molecule has 0 atom stereocenters. The Morgan fingerprint density at radius 3 is 2.56 bits per heavy atom. The molecule has 0 aliphatic heterocycles. The fourth-order valence-corrected chi connectivity index (χ4v) is 2.18. The van der Waals surface area contributed by atoms with Crippen LogP contribution in [0.3, 0.4) is 0 Å². The third-order valence-electron chi connectivity index (χ3n) is 3.17. The number of ether oxygens (including phenoxy) is 1. The summed E-state index contributed by atoms with van der Waals surface area (Å²) >= 11 is 0. The summed E-state index contributed by atoms with van der Waals surface area (Å²) in [4.78, 5) is 11.2. The topological polar surface area (TPSA) is 50.4 Å². The van der Waals surface area contributed by atoms with E-state index in [1.165, 1.54) is 0 Å². The minimum atomic E-state index is 0.139. The van der Waals surface area contributed by atoms with Crippen molar-refractivity contribution in [1.82, 2.24) is 10.6 Å². The second-order valence-corrected chi connectivity index (χ2v) is 4.37. The Hall–Kier alpha value is -0.610. The maximum atomic E-state index is 11.2. The van der Waals surface area contributed by atoms with Gasteiger partial charge in [0, 0.05) is 32.7 Å². The van der Waals surface area contributed by atoms with Gasteiger partial charge in [-0.25, -0.2) is 0 Å². The fourth-order valence-electron chi connectivity index (χ4n) is 2.18. The lowest BCUT2D eigenvalue weighted by Gasteiger charge is -2.28. The van der Waals surface area contributed by atoms with E-state index in [2.05, 4.69) is 10.6 Å². The van der Waals surface area contributed by atoms with Gasteiger partial charge in [-0.2, -0.15) is 0 Å². The molecule has 1 rings (SSSR count). The van der Waals surface area contributed by atoms with E-state index in [1.54, 1.807) is 7.11 Å². The Morgan fingerprint density at radius 1 is 1.31 bits per heavy atom. The van der Waals surface area contributed by atoms with E-state index in [1.807, 2.05) is 6.92 Å². The average Bonchev–Trinajstić information content (AvgIpc) is 2.30. The highest BCUT2D eigenvalue weighted by atomic mass is 16.5. The molecule has 0 saturated heterocycles. The molecule has 4 heteroatoms. The van der Waals surface area contributed by atoms with Crippen molar-refractivity contribution in [2.24, 2.45) is 0 Å². The number of carbonyl (C=O) groups excluding carboxylic acids is 1. The minimum absolute atomic E-state index is 0.139. The largest absolute Gasteiger partial charge is 0.381 e. The van der Waals surface area contributed by atoms with Gasteiger partial charge in [-0.05, 0) is 32.6 Å². The van der Waals surface area contributed by atoms with Gasteiger partial charge < -0.3 is 15.4 Å². The van der Waals surface area contributed by atoms with Crippen molar-refractivity contribution in [1.29, 1.82) is 0 Å². The van der Waals surface area contributed by atoms with E-state index in [4.69, 9.17) is 4.74 Å². The molecule has 4 nitrogen and oxygen atoms in total. The van der Waals surface area contributed by atoms with Crippen molar-refractivity contribution in [2.75, 3.05) is 20.2 Å². The highest BCUT2D eigenvalue weighted by Gasteiger charge is 2.20. The Morgan fingerprint density at radius 2 is 2.00 bits per heavy atom. The van der Waals surface area contributed by atoms with Crippen molar-refractivity contribution in [2.45, 2.75) is 51.2 Å². The SMILES string of the molecule is CCNC(=O)CCNC1CCC(OC)CC1. The molecule has 0 spiro atoms. The molecule has 1 aliphatic rings. The quantitative estimate of drug-likeness (QED) is 0.714. The predicted octanol–water partition coefficient (Wildman–Crippen LogP) is 1.06. The second kappa shape index (κ2) is 7.63. The third-order valence-corrected chi connectivity index (χ3v) is 3.17. The maximum absolute atomic E-state index is 11.2. The number of hydrogen-bond donors (Lipinski definition) is 2. The summed E-state index contributed by atoms with van der Waals surface area (Å²) in [5.41, 5.74) is 0. The van der Waals surface area contributed by atoms with Crippen LogP contribution < -0.4 is 10.6 Å². The first-order chi connectivity index (χ1) is 7.76. The first kappa shape index (κ1) is 13.5. The highest BCUT2D eigenvalue weighted by molar-refractivity contribution is 5.75. The molecule has 2 N–H and O–H groups in total. The Balaban J connectivity index is 2.04. The van der Waals surface area contributed by atoms with Crippen molar-refractivity contribution in [3.63, 3.8) is 0 Å². The summed E-state index contributed by atoms with van der Waals surface area (Å²) in [5.74, 6) is 0.139. The van der Waals surface area contributed by atoms with E-state index >= 15 is 0 Å². The molecule has 1 amide bonds. The van der Waals surface area contributed by atoms with Gasteiger partial charge in [0.25, 0.3) is 0 Å². The van der Waals surface area contributed by atoms with Crippen molar-refractivity contribution < 1.29 is 9.53 Å². The molecule has 0 bridgehead atoms. The first-order valence-corrected chi connectivity index (χ1v) is 6.29. The summed E-state index contributed by atoms with van der Waals surface area (Å²) in [6.07, 6.45) is 5.62. The molecule has 16 heavy (non-hydrogen) atoms. The number of methoxy groups -OCH3 is 1. The molecule has 0 radical (unpaired) electrons. The summed E-state index contributed by atoms with van der Waals surface area (Å²) in [5, 5.41) is 6.24. The van der Waals surface area contributed by atoms with Crippen LogP contribution in [0.1, 0.15) is 39.0 Å². The van der Waals surface area contributed by atoms with E-state index in [0.717, 1.165) is 38.8 Å². The van der Waals surface area contributed by atoms with E-state index in [9.17, 15) is 4.79 Å². The van der Waals surface area contributed by atoms with Gasteiger partial charge in [-0.15, -0.1) is 0 Å². The van der Waals surface area contributed by atoms with Crippen molar-refractivity contribution >= 4 is 5.91 Å². The smallest absolute Gasteiger partial charge is 0.221 e. The van der Waals surface area contributed by atoms with Gasteiger partial charge in [0.15, 0.2) is 0 Å².